The molecule has 0 aliphatic carbocycles. The molecule has 0 spiro atoms. The van der Waals surface area contributed by atoms with Crippen molar-refractivity contribution in [3.63, 3.8) is 0 Å². The second kappa shape index (κ2) is 8.39. The number of amides is 1. The third-order valence-electron chi connectivity index (χ3n) is 4.64. The van der Waals surface area contributed by atoms with Crippen molar-refractivity contribution in [2.24, 2.45) is 0 Å². The Labute approximate surface area is 175 Å². The molecule has 0 atom stereocenters. The highest BCUT2D eigenvalue weighted by Crippen LogP contribution is 2.36. The average molecular weight is 439 g/mol. The summed E-state index contributed by atoms with van der Waals surface area (Å²) in [5.41, 5.74) is -0.491. The molecule has 30 heavy (non-hydrogen) atoms. The second-order valence-electron chi connectivity index (χ2n) is 6.66. The van der Waals surface area contributed by atoms with E-state index in [4.69, 9.17) is 16.3 Å². The largest absolute Gasteiger partial charge is 0.495 e. The quantitative estimate of drug-likeness (QED) is 0.608. The first-order chi connectivity index (χ1) is 14.1. The molecule has 3 aromatic rings. The van der Waals surface area contributed by atoms with Gasteiger partial charge in [0.2, 0.25) is 5.91 Å². The summed E-state index contributed by atoms with van der Waals surface area (Å²) in [4.78, 5) is 24.9. The van der Waals surface area contributed by atoms with Crippen LogP contribution in [0.15, 0.2) is 47.3 Å². The minimum atomic E-state index is -4.65. The Bertz CT molecular complexity index is 1170. The van der Waals surface area contributed by atoms with E-state index in [1.807, 2.05) is 6.07 Å². The molecule has 0 saturated carbocycles. The van der Waals surface area contributed by atoms with Crippen molar-refractivity contribution in [2.45, 2.75) is 26.1 Å². The van der Waals surface area contributed by atoms with Gasteiger partial charge in [0.15, 0.2) is 0 Å². The maximum Gasteiger partial charge on any atom is 0.418 e. The summed E-state index contributed by atoms with van der Waals surface area (Å²) in [7, 11) is 1.47. The number of carbonyl (C=O) groups excluding carboxylic acids is 1. The van der Waals surface area contributed by atoms with E-state index in [-0.39, 0.29) is 23.5 Å². The van der Waals surface area contributed by atoms with E-state index in [0.29, 0.717) is 11.3 Å². The van der Waals surface area contributed by atoms with Gasteiger partial charge in [-0.25, -0.2) is 0 Å². The molecule has 2 aromatic carbocycles. The molecule has 1 heterocycles. The number of alkyl halides is 3. The Morgan fingerprint density at radius 3 is 2.60 bits per heavy atom. The number of carbonyl (C=O) groups is 1. The molecule has 1 amide bonds. The number of para-hydroxylation sites is 1. The van der Waals surface area contributed by atoms with Crippen molar-refractivity contribution < 1.29 is 22.7 Å². The minimum absolute atomic E-state index is 0.0380. The lowest BCUT2D eigenvalue weighted by molar-refractivity contribution is -0.137. The number of ether oxygens (including phenoxy) is 1. The van der Waals surface area contributed by atoms with Crippen LogP contribution in [0.3, 0.4) is 0 Å². The minimum Gasteiger partial charge on any atom is -0.495 e. The fraction of sp³-hybridized carbons (Fsp3) is 0.238. The van der Waals surface area contributed by atoms with Gasteiger partial charge < -0.3 is 14.6 Å². The van der Waals surface area contributed by atoms with Crippen molar-refractivity contribution in [2.75, 3.05) is 12.4 Å². The van der Waals surface area contributed by atoms with Crippen molar-refractivity contribution in [3.8, 4) is 5.75 Å². The highest BCUT2D eigenvalue weighted by molar-refractivity contribution is 6.31. The van der Waals surface area contributed by atoms with Crippen molar-refractivity contribution in [3.05, 3.63) is 69.0 Å². The first kappa shape index (κ1) is 21.7. The summed E-state index contributed by atoms with van der Waals surface area (Å²) >= 11 is 5.78. The Kier molecular flexibility index (Phi) is 6.07. The third kappa shape index (κ3) is 4.43. The SMILES string of the molecule is COc1cccc2c(C)cc(=O)n(CCC(=O)Nc3cc(Cl)ccc3C(F)(F)F)c12. The molecule has 0 radical (unpaired) electrons. The van der Waals surface area contributed by atoms with E-state index < -0.39 is 23.3 Å². The zero-order valence-electron chi connectivity index (χ0n) is 16.1. The number of pyridine rings is 1. The van der Waals surface area contributed by atoms with Crippen molar-refractivity contribution >= 4 is 34.1 Å². The van der Waals surface area contributed by atoms with Gasteiger partial charge in [0.1, 0.15) is 5.75 Å². The molecular formula is C21H18ClF3N2O3. The molecule has 0 fully saturated rings. The third-order valence-corrected chi connectivity index (χ3v) is 4.88. The van der Waals surface area contributed by atoms with E-state index in [2.05, 4.69) is 5.32 Å². The van der Waals surface area contributed by atoms with Crippen LogP contribution in [0.4, 0.5) is 18.9 Å². The molecule has 3 rings (SSSR count). The summed E-state index contributed by atoms with van der Waals surface area (Å²) in [5, 5.41) is 3.09. The molecule has 9 heteroatoms. The molecule has 0 unspecified atom stereocenters. The first-order valence-electron chi connectivity index (χ1n) is 8.95. The van der Waals surface area contributed by atoms with E-state index >= 15 is 0 Å². The van der Waals surface area contributed by atoms with Crippen LogP contribution < -0.4 is 15.6 Å². The Morgan fingerprint density at radius 1 is 1.20 bits per heavy atom. The Morgan fingerprint density at radius 2 is 1.93 bits per heavy atom. The summed E-state index contributed by atoms with van der Waals surface area (Å²) in [6.45, 7) is 1.75. The normalized spacial score (nSPS) is 11.5. The molecule has 158 valence electrons. The van der Waals surface area contributed by atoms with Gasteiger partial charge in [0.25, 0.3) is 5.56 Å². The number of rotatable bonds is 5. The Balaban J connectivity index is 1.89. The molecule has 0 saturated heterocycles. The highest BCUT2D eigenvalue weighted by Gasteiger charge is 2.34. The van der Waals surface area contributed by atoms with Crippen molar-refractivity contribution in [1.29, 1.82) is 0 Å². The first-order valence-corrected chi connectivity index (χ1v) is 9.33. The number of hydrogen-bond donors (Lipinski definition) is 1. The lowest BCUT2D eigenvalue weighted by atomic mass is 10.1. The summed E-state index contributed by atoms with van der Waals surface area (Å²) in [6, 6.07) is 9.69. The van der Waals surface area contributed by atoms with Crippen LogP contribution in [0.5, 0.6) is 5.75 Å². The second-order valence-corrected chi connectivity index (χ2v) is 7.10. The van der Waals surface area contributed by atoms with Gasteiger partial charge in [-0.1, -0.05) is 23.7 Å². The van der Waals surface area contributed by atoms with Crippen LogP contribution in [0.2, 0.25) is 5.02 Å². The number of benzene rings is 2. The number of aromatic nitrogens is 1. The number of methoxy groups -OCH3 is 1. The predicted octanol–water partition coefficient (Wildman–Crippen LogP) is 5.02. The number of hydrogen-bond acceptors (Lipinski definition) is 3. The summed E-state index contributed by atoms with van der Waals surface area (Å²) in [5.74, 6) is -0.221. The number of nitrogens with zero attached hydrogens (tertiary/aromatic N) is 1. The molecule has 0 bridgehead atoms. The van der Waals surface area contributed by atoms with Crippen LogP contribution in [0.25, 0.3) is 10.9 Å². The molecule has 5 nitrogen and oxygen atoms in total. The number of aryl methyl sites for hydroxylation is 2. The van der Waals surface area contributed by atoms with Crippen LogP contribution in [-0.4, -0.2) is 17.6 Å². The molecule has 1 aromatic heterocycles. The fourth-order valence-electron chi connectivity index (χ4n) is 3.25. The van der Waals surface area contributed by atoms with Gasteiger partial charge in [-0.05, 0) is 36.8 Å². The fourth-order valence-corrected chi connectivity index (χ4v) is 3.42. The predicted molar refractivity (Wildman–Crippen MR) is 109 cm³/mol. The number of halogens is 4. The number of anilines is 1. The topological polar surface area (TPSA) is 60.3 Å². The van der Waals surface area contributed by atoms with Gasteiger partial charge in [-0.2, -0.15) is 13.2 Å². The molecule has 1 N–H and O–H groups in total. The van der Waals surface area contributed by atoms with Gasteiger partial charge in [0.05, 0.1) is 23.9 Å². The van der Waals surface area contributed by atoms with Gasteiger partial charge >= 0.3 is 6.18 Å². The van der Waals surface area contributed by atoms with E-state index in [1.165, 1.54) is 17.7 Å². The average Bonchev–Trinajstić information content (AvgIpc) is 2.66. The van der Waals surface area contributed by atoms with Crippen LogP contribution in [0.1, 0.15) is 17.5 Å². The van der Waals surface area contributed by atoms with E-state index in [0.717, 1.165) is 29.1 Å². The smallest absolute Gasteiger partial charge is 0.418 e. The monoisotopic (exact) mass is 438 g/mol. The molecular weight excluding hydrogens is 421 g/mol. The standard InChI is InChI=1S/C21H18ClF3N2O3/c1-12-10-19(29)27(20-14(12)4-3-5-17(20)30-2)9-8-18(28)26-16-11-13(22)6-7-15(16)21(23,24)25/h3-7,10-11H,8-9H2,1-2H3,(H,26,28). The lowest BCUT2D eigenvalue weighted by Crippen LogP contribution is -2.24. The van der Waals surface area contributed by atoms with Gasteiger partial charge in [-0.3, -0.25) is 9.59 Å². The zero-order valence-corrected chi connectivity index (χ0v) is 16.9. The van der Waals surface area contributed by atoms with E-state index in [1.54, 1.807) is 19.1 Å². The van der Waals surface area contributed by atoms with Crippen LogP contribution in [-0.2, 0) is 17.5 Å². The maximum atomic E-state index is 13.2. The lowest BCUT2D eigenvalue weighted by Gasteiger charge is -2.16. The molecule has 0 aliphatic rings. The zero-order chi connectivity index (χ0) is 22.1. The Hall–Kier alpha value is -3.00. The maximum absolute atomic E-state index is 13.2. The summed E-state index contributed by atoms with van der Waals surface area (Å²) in [6.07, 6.45) is -4.87. The van der Waals surface area contributed by atoms with Crippen molar-refractivity contribution in [1.82, 2.24) is 4.57 Å². The van der Waals surface area contributed by atoms with Crippen LogP contribution in [0, 0.1) is 6.92 Å². The van der Waals surface area contributed by atoms with Crippen LogP contribution >= 0.6 is 11.6 Å². The number of fused-ring (bicyclic) bond motifs is 1. The van der Waals surface area contributed by atoms with Gasteiger partial charge in [0, 0.05) is 29.4 Å². The van der Waals surface area contributed by atoms with E-state index in [9.17, 15) is 22.8 Å². The van der Waals surface area contributed by atoms with Gasteiger partial charge in [-0.15, -0.1) is 0 Å². The summed E-state index contributed by atoms with van der Waals surface area (Å²) < 4.78 is 46.3. The highest BCUT2D eigenvalue weighted by atomic mass is 35.5. The molecule has 0 aliphatic heterocycles. The number of nitrogens with one attached hydrogen (secondary N) is 1.